The smallest absolute Gasteiger partial charge is 0.0678 e. The molecule has 0 spiro atoms. The molecule has 3 aliphatic rings. The highest BCUT2D eigenvalue weighted by atomic mass is 16.3. The fourth-order valence-corrected chi connectivity index (χ4v) is 4.59. The Balaban J connectivity index is 2.08. The van der Waals surface area contributed by atoms with Gasteiger partial charge in [0.2, 0.25) is 0 Å². The van der Waals surface area contributed by atoms with Crippen molar-refractivity contribution in [3.8, 4) is 0 Å². The summed E-state index contributed by atoms with van der Waals surface area (Å²) in [6.45, 7) is 7.54. The lowest BCUT2D eigenvalue weighted by Crippen LogP contribution is -2.28. The molecule has 0 aliphatic heterocycles. The van der Waals surface area contributed by atoms with Crippen molar-refractivity contribution >= 4 is 0 Å². The molecule has 3 atom stereocenters. The lowest BCUT2D eigenvalue weighted by molar-refractivity contribution is 0.172. The van der Waals surface area contributed by atoms with Crippen LogP contribution in [0.15, 0.2) is 23.3 Å². The quantitative estimate of drug-likeness (QED) is 0.716. The number of allylic oxidation sites excluding steroid dienone is 2. The summed E-state index contributed by atoms with van der Waals surface area (Å²) in [7, 11) is 0. The van der Waals surface area contributed by atoms with Crippen LogP contribution in [-0.4, -0.2) is 11.7 Å². The molecule has 1 heteroatoms. The van der Waals surface area contributed by atoms with Gasteiger partial charge in [-0.1, -0.05) is 38.5 Å². The number of rotatable bonds is 1. The van der Waals surface area contributed by atoms with Crippen LogP contribution >= 0.6 is 0 Å². The summed E-state index contributed by atoms with van der Waals surface area (Å²) in [5.74, 6) is 1.63. The second kappa shape index (κ2) is 3.01. The summed E-state index contributed by atoms with van der Waals surface area (Å²) >= 11 is 0. The van der Waals surface area contributed by atoms with Gasteiger partial charge in [0.1, 0.15) is 0 Å². The third-order valence-electron chi connectivity index (χ3n) is 5.98. The standard InChI is InChI=1S/C15H22O/c1-14(2)12-6-7-15(14,3)13-8-10(9-16)4-5-11(12)13/h4,8,11-12,16H,5-7,9H2,1-3H3/t11?,12-,15+/m1/s1. The maximum Gasteiger partial charge on any atom is 0.0678 e. The van der Waals surface area contributed by atoms with Gasteiger partial charge in [-0.05, 0) is 47.5 Å². The summed E-state index contributed by atoms with van der Waals surface area (Å²) in [5, 5.41) is 9.28. The molecule has 0 aromatic heterocycles. The SMILES string of the molecule is CC1(C)[C@@H]2CC[C@@]1(C)C1=CC(CO)=CCC12. The summed E-state index contributed by atoms with van der Waals surface area (Å²) in [4.78, 5) is 0. The van der Waals surface area contributed by atoms with E-state index in [0.717, 1.165) is 23.8 Å². The van der Waals surface area contributed by atoms with E-state index in [1.165, 1.54) is 12.8 Å². The third-order valence-corrected chi connectivity index (χ3v) is 5.98. The zero-order chi connectivity index (χ0) is 11.6. The lowest BCUT2D eigenvalue weighted by Gasteiger charge is -2.36. The topological polar surface area (TPSA) is 20.2 Å². The Morgan fingerprint density at radius 2 is 2.12 bits per heavy atom. The fourth-order valence-electron chi connectivity index (χ4n) is 4.59. The van der Waals surface area contributed by atoms with E-state index in [0.29, 0.717) is 10.8 Å². The van der Waals surface area contributed by atoms with E-state index in [9.17, 15) is 5.11 Å². The fraction of sp³-hybridized carbons (Fsp3) is 0.733. The maximum absolute atomic E-state index is 9.28. The molecule has 0 heterocycles. The molecule has 1 nitrogen and oxygen atoms in total. The van der Waals surface area contributed by atoms with Crippen LogP contribution in [0.2, 0.25) is 0 Å². The van der Waals surface area contributed by atoms with Crippen molar-refractivity contribution < 1.29 is 5.11 Å². The minimum Gasteiger partial charge on any atom is -0.392 e. The molecular weight excluding hydrogens is 196 g/mol. The average molecular weight is 218 g/mol. The van der Waals surface area contributed by atoms with Crippen molar-refractivity contribution in [1.82, 2.24) is 0 Å². The van der Waals surface area contributed by atoms with Crippen molar-refractivity contribution in [3.05, 3.63) is 23.3 Å². The van der Waals surface area contributed by atoms with Gasteiger partial charge in [0.25, 0.3) is 0 Å². The van der Waals surface area contributed by atoms with Crippen molar-refractivity contribution in [2.24, 2.45) is 22.7 Å². The molecule has 1 N–H and O–H groups in total. The predicted molar refractivity (Wildman–Crippen MR) is 66.0 cm³/mol. The monoisotopic (exact) mass is 218 g/mol. The van der Waals surface area contributed by atoms with E-state index in [1.54, 1.807) is 5.57 Å². The molecular formula is C15H22O. The lowest BCUT2D eigenvalue weighted by atomic mass is 9.68. The van der Waals surface area contributed by atoms with Crippen molar-refractivity contribution in [2.45, 2.75) is 40.0 Å². The first-order valence-electron chi connectivity index (χ1n) is 6.52. The van der Waals surface area contributed by atoms with Crippen LogP contribution < -0.4 is 0 Å². The first-order valence-corrected chi connectivity index (χ1v) is 6.52. The van der Waals surface area contributed by atoms with E-state index in [2.05, 4.69) is 32.9 Å². The third kappa shape index (κ3) is 1.01. The first-order chi connectivity index (χ1) is 7.50. The molecule has 0 saturated heterocycles. The van der Waals surface area contributed by atoms with Gasteiger partial charge in [-0.2, -0.15) is 0 Å². The Morgan fingerprint density at radius 1 is 1.38 bits per heavy atom. The molecule has 0 aromatic rings. The van der Waals surface area contributed by atoms with Crippen LogP contribution in [-0.2, 0) is 0 Å². The highest BCUT2D eigenvalue weighted by Crippen LogP contribution is 2.71. The minimum atomic E-state index is 0.206. The van der Waals surface area contributed by atoms with Gasteiger partial charge >= 0.3 is 0 Å². The zero-order valence-corrected chi connectivity index (χ0v) is 10.6. The van der Waals surface area contributed by atoms with E-state index in [-0.39, 0.29) is 6.61 Å². The Kier molecular flexibility index (Phi) is 1.99. The van der Waals surface area contributed by atoms with Crippen LogP contribution in [0.25, 0.3) is 0 Å². The molecule has 16 heavy (non-hydrogen) atoms. The van der Waals surface area contributed by atoms with Gasteiger partial charge in [-0.3, -0.25) is 0 Å². The average Bonchev–Trinajstić information content (AvgIpc) is 2.59. The van der Waals surface area contributed by atoms with E-state index >= 15 is 0 Å². The van der Waals surface area contributed by atoms with Gasteiger partial charge < -0.3 is 5.11 Å². The number of fused-ring (bicyclic) bond motifs is 5. The van der Waals surface area contributed by atoms with Crippen molar-refractivity contribution in [2.75, 3.05) is 6.61 Å². The summed E-state index contributed by atoms with van der Waals surface area (Å²) < 4.78 is 0. The van der Waals surface area contributed by atoms with Gasteiger partial charge in [-0.15, -0.1) is 0 Å². The molecule has 3 rings (SSSR count). The van der Waals surface area contributed by atoms with Gasteiger partial charge in [0.05, 0.1) is 6.61 Å². The Hall–Kier alpha value is -0.560. The zero-order valence-electron chi connectivity index (χ0n) is 10.6. The van der Waals surface area contributed by atoms with E-state index in [1.807, 2.05) is 0 Å². The van der Waals surface area contributed by atoms with Crippen molar-refractivity contribution in [1.29, 1.82) is 0 Å². The van der Waals surface area contributed by atoms with Gasteiger partial charge in [-0.25, -0.2) is 0 Å². The highest BCUT2D eigenvalue weighted by Gasteiger charge is 2.63. The highest BCUT2D eigenvalue weighted by molar-refractivity contribution is 5.41. The number of aliphatic hydroxyl groups is 1. The second-order valence-corrected chi connectivity index (χ2v) is 6.58. The summed E-state index contributed by atoms with van der Waals surface area (Å²) in [6, 6.07) is 0. The molecule has 3 aliphatic carbocycles. The second-order valence-electron chi connectivity index (χ2n) is 6.58. The molecule has 0 aromatic carbocycles. The molecule has 88 valence electrons. The first kappa shape index (κ1) is 10.6. The normalized spacial score (nSPS) is 44.0. The predicted octanol–water partition coefficient (Wildman–Crippen LogP) is 3.31. The van der Waals surface area contributed by atoms with Gasteiger partial charge in [0.15, 0.2) is 0 Å². The van der Waals surface area contributed by atoms with Crippen molar-refractivity contribution in [3.63, 3.8) is 0 Å². The molecule has 0 radical (unpaired) electrons. The molecule has 2 saturated carbocycles. The number of aliphatic hydroxyl groups excluding tert-OH is 1. The Morgan fingerprint density at radius 3 is 2.81 bits per heavy atom. The van der Waals surface area contributed by atoms with Crippen LogP contribution in [0.5, 0.6) is 0 Å². The Bertz CT molecular complexity index is 388. The molecule has 2 bridgehead atoms. The van der Waals surface area contributed by atoms with Crippen LogP contribution in [0.4, 0.5) is 0 Å². The van der Waals surface area contributed by atoms with E-state index in [4.69, 9.17) is 0 Å². The molecule has 1 unspecified atom stereocenters. The maximum atomic E-state index is 9.28. The summed E-state index contributed by atoms with van der Waals surface area (Å²) in [5.41, 5.74) is 3.61. The van der Waals surface area contributed by atoms with Crippen LogP contribution in [0.3, 0.4) is 0 Å². The van der Waals surface area contributed by atoms with Crippen LogP contribution in [0, 0.1) is 22.7 Å². The Labute approximate surface area is 98.2 Å². The number of hydrogen-bond acceptors (Lipinski definition) is 1. The largest absolute Gasteiger partial charge is 0.392 e. The summed E-state index contributed by atoms with van der Waals surface area (Å²) in [6.07, 6.45) is 8.44. The molecule has 2 fully saturated rings. The molecule has 0 amide bonds. The van der Waals surface area contributed by atoms with Gasteiger partial charge in [0, 0.05) is 0 Å². The van der Waals surface area contributed by atoms with E-state index < -0.39 is 0 Å². The number of hydrogen-bond donors (Lipinski definition) is 1. The van der Waals surface area contributed by atoms with Crippen LogP contribution in [0.1, 0.15) is 40.0 Å². The minimum absolute atomic E-state index is 0.206.